The van der Waals surface area contributed by atoms with Crippen LogP contribution in [0.3, 0.4) is 0 Å². The number of hydrogen-bond donors (Lipinski definition) is 3. The number of allylic oxidation sites excluding steroid dienone is 1. The lowest BCUT2D eigenvalue weighted by molar-refractivity contribution is -0.384. The number of nitrogens with one attached hydrogen (secondary N) is 2. The van der Waals surface area contributed by atoms with Crippen LogP contribution in [0.15, 0.2) is 54.6 Å². The quantitative estimate of drug-likeness (QED) is 0.581. The van der Waals surface area contributed by atoms with Gasteiger partial charge in [0.15, 0.2) is 0 Å². The molecule has 23 heavy (non-hydrogen) atoms. The highest BCUT2D eigenvalue weighted by atomic mass is 16.6. The molecule has 1 amide bonds. The zero-order valence-corrected chi connectivity index (χ0v) is 12.3. The van der Waals surface area contributed by atoms with E-state index in [9.17, 15) is 20.0 Å². The van der Waals surface area contributed by atoms with Crippen molar-refractivity contribution in [3.8, 4) is 5.75 Å². The number of carbonyl (C=O) groups is 1. The van der Waals surface area contributed by atoms with Gasteiger partial charge in [-0.25, -0.2) is 0 Å². The molecule has 0 saturated carbocycles. The number of nitro benzene ring substituents is 1. The number of aromatic hydroxyl groups is 1. The molecule has 2 aromatic rings. The first-order chi connectivity index (χ1) is 11.0. The van der Waals surface area contributed by atoms with Crippen LogP contribution in [0.1, 0.15) is 22.8 Å². The number of phenolic OH excluding ortho intramolecular Hbond substituents is 1. The Hall–Kier alpha value is -3.35. The maximum Gasteiger partial charge on any atom is 0.269 e. The predicted octanol–water partition coefficient (Wildman–Crippen LogP) is 2.60. The summed E-state index contributed by atoms with van der Waals surface area (Å²) in [6, 6.07) is 12.0. The molecule has 7 heteroatoms. The summed E-state index contributed by atoms with van der Waals surface area (Å²) < 4.78 is 0. The van der Waals surface area contributed by atoms with Crippen LogP contribution in [-0.4, -0.2) is 15.9 Å². The summed E-state index contributed by atoms with van der Waals surface area (Å²) in [4.78, 5) is 22.1. The molecule has 0 aliphatic heterocycles. The lowest BCUT2D eigenvalue weighted by Gasteiger charge is -2.13. The van der Waals surface area contributed by atoms with E-state index < -0.39 is 10.8 Å². The summed E-state index contributed by atoms with van der Waals surface area (Å²) in [7, 11) is 0. The second kappa shape index (κ2) is 7.08. The topological polar surface area (TPSA) is 104 Å². The summed E-state index contributed by atoms with van der Waals surface area (Å²) in [6.45, 7) is 1.76. The van der Waals surface area contributed by atoms with Crippen molar-refractivity contribution in [3.05, 3.63) is 75.8 Å². The fourth-order valence-corrected chi connectivity index (χ4v) is 1.93. The molecule has 2 aromatic carbocycles. The number of hydrogen-bond acceptors (Lipinski definition) is 5. The Bertz CT molecular complexity index is 754. The Morgan fingerprint density at radius 1 is 1.13 bits per heavy atom. The van der Waals surface area contributed by atoms with E-state index in [0.29, 0.717) is 11.3 Å². The van der Waals surface area contributed by atoms with Crippen molar-refractivity contribution in [2.75, 3.05) is 0 Å². The van der Waals surface area contributed by atoms with Gasteiger partial charge in [-0.15, -0.1) is 0 Å². The van der Waals surface area contributed by atoms with Crippen molar-refractivity contribution in [1.82, 2.24) is 10.9 Å². The van der Waals surface area contributed by atoms with Crippen LogP contribution in [0.4, 0.5) is 5.69 Å². The first-order valence-corrected chi connectivity index (χ1v) is 6.78. The molecule has 0 aliphatic rings. The van der Waals surface area contributed by atoms with Gasteiger partial charge in [0.1, 0.15) is 5.75 Å². The first kappa shape index (κ1) is 16.0. The molecule has 0 aromatic heterocycles. The second-order valence-corrected chi connectivity index (χ2v) is 4.60. The van der Waals surface area contributed by atoms with Crippen molar-refractivity contribution in [1.29, 1.82) is 0 Å². The molecule has 0 radical (unpaired) electrons. The fourth-order valence-electron chi connectivity index (χ4n) is 1.93. The van der Waals surface area contributed by atoms with Gasteiger partial charge in [0, 0.05) is 23.3 Å². The zero-order valence-electron chi connectivity index (χ0n) is 12.3. The Kier molecular flexibility index (Phi) is 4.93. The lowest BCUT2D eigenvalue weighted by Crippen LogP contribution is -2.36. The lowest BCUT2D eigenvalue weighted by atomic mass is 10.1. The Morgan fingerprint density at radius 2 is 1.78 bits per heavy atom. The molecule has 0 fully saturated rings. The molecule has 0 saturated heterocycles. The Morgan fingerprint density at radius 3 is 2.35 bits per heavy atom. The van der Waals surface area contributed by atoms with Gasteiger partial charge in [-0.1, -0.05) is 18.2 Å². The molecule has 2 rings (SSSR count). The van der Waals surface area contributed by atoms with Gasteiger partial charge in [-0.2, -0.15) is 0 Å². The minimum Gasteiger partial charge on any atom is -0.507 e. The molecule has 0 aliphatic carbocycles. The molecule has 118 valence electrons. The highest BCUT2D eigenvalue weighted by Gasteiger charge is 2.11. The molecule has 3 N–H and O–H groups in total. The largest absolute Gasteiger partial charge is 0.507 e. The van der Waals surface area contributed by atoms with Crippen LogP contribution in [0.5, 0.6) is 5.75 Å². The number of carbonyl (C=O) groups excluding carboxylic acids is 1. The monoisotopic (exact) mass is 313 g/mol. The zero-order chi connectivity index (χ0) is 16.8. The maximum absolute atomic E-state index is 12.0. The minimum atomic E-state index is -0.532. The number of hydrazine groups is 1. The molecule has 0 bridgehead atoms. The fraction of sp³-hybridized carbons (Fsp3) is 0.0625. The van der Waals surface area contributed by atoms with E-state index >= 15 is 0 Å². The number of nitrogens with zero attached hydrogens (tertiary/aromatic N) is 1. The van der Waals surface area contributed by atoms with Gasteiger partial charge < -0.3 is 5.11 Å². The van der Waals surface area contributed by atoms with Crippen LogP contribution in [-0.2, 0) is 0 Å². The highest BCUT2D eigenvalue weighted by molar-refractivity contribution is 5.94. The molecule has 0 spiro atoms. The standard InChI is InChI=1S/C16H15N3O4/c1-2-14(13-5-3-4-6-15(13)20)17-18-16(21)11-7-9-12(10-8-11)19(22)23/h2-10,17,20H,1H3,(H,18,21). The Labute approximate surface area is 132 Å². The maximum atomic E-state index is 12.0. The summed E-state index contributed by atoms with van der Waals surface area (Å²) >= 11 is 0. The third-order valence-corrected chi connectivity index (χ3v) is 3.13. The van der Waals surface area contributed by atoms with Crippen LogP contribution in [0.25, 0.3) is 5.70 Å². The van der Waals surface area contributed by atoms with E-state index in [1.165, 1.54) is 24.3 Å². The van der Waals surface area contributed by atoms with Crippen molar-refractivity contribution in [2.45, 2.75) is 6.92 Å². The van der Waals surface area contributed by atoms with Crippen LogP contribution in [0, 0.1) is 10.1 Å². The van der Waals surface area contributed by atoms with Gasteiger partial charge in [-0.05, 0) is 31.2 Å². The van der Waals surface area contributed by atoms with Crippen molar-refractivity contribution in [3.63, 3.8) is 0 Å². The summed E-state index contributed by atoms with van der Waals surface area (Å²) in [6.07, 6.45) is 1.70. The van der Waals surface area contributed by atoms with E-state index in [0.717, 1.165) is 0 Å². The number of amides is 1. The predicted molar refractivity (Wildman–Crippen MR) is 85.5 cm³/mol. The van der Waals surface area contributed by atoms with Gasteiger partial charge in [0.25, 0.3) is 11.6 Å². The normalized spacial score (nSPS) is 10.9. The molecule has 7 nitrogen and oxygen atoms in total. The van der Waals surface area contributed by atoms with Crippen molar-refractivity contribution < 1.29 is 14.8 Å². The summed E-state index contributed by atoms with van der Waals surface area (Å²) in [5.74, 6) is -0.368. The third kappa shape index (κ3) is 3.85. The second-order valence-electron chi connectivity index (χ2n) is 4.60. The highest BCUT2D eigenvalue weighted by Crippen LogP contribution is 2.22. The number of non-ortho nitro benzene ring substituents is 1. The number of rotatable bonds is 5. The van der Waals surface area contributed by atoms with Gasteiger partial charge in [-0.3, -0.25) is 25.8 Å². The van der Waals surface area contributed by atoms with Gasteiger partial charge >= 0.3 is 0 Å². The minimum absolute atomic E-state index is 0.0812. The Balaban J connectivity index is 2.06. The van der Waals surface area contributed by atoms with E-state index in [1.807, 2.05) is 0 Å². The van der Waals surface area contributed by atoms with Crippen LogP contribution >= 0.6 is 0 Å². The number of nitro groups is 1. The van der Waals surface area contributed by atoms with Crippen LogP contribution < -0.4 is 10.9 Å². The molecule has 0 atom stereocenters. The number of phenols is 1. The smallest absolute Gasteiger partial charge is 0.269 e. The van der Waals surface area contributed by atoms with E-state index in [2.05, 4.69) is 10.9 Å². The van der Waals surface area contributed by atoms with E-state index in [1.54, 1.807) is 37.3 Å². The first-order valence-electron chi connectivity index (χ1n) is 6.78. The van der Waals surface area contributed by atoms with Crippen LogP contribution in [0.2, 0.25) is 0 Å². The van der Waals surface area contributed by atoms with E-state index in [-0.39, 0.29) is 17.0 Å². The molecular formula is C16H15N3O4. The SMILES string of the molecule is CC=C(NNC(=O)c1ccc([N+](=O)[O-])cc1)c1ccccc1O. The molecule has 0 unspecified atom stereocenters. The molecule has 0 heterocycles. The summed E-state index contributed by atoms with van der Waals surface area (Å²) in [5.41, 5.74) is 6.47. The van der Waals surface area contributed by atoms with Crippen molar-refractivity contribution >= 4 is 17.3 Å². The van der Waals surface area contributed by atoms with Gasteiger partial charge in [0.2, 0.25) is 0 Å². The number of para-hydroxylation sites is 1. The van der Waals surface area contributed by atoms with Gasteiger partial charge in [0.05, 0.1) is 10.6 Å². The average molecular weight is 313 g/mol. The average Bonchev–Trinajstić information content (AvgIpc) is 2.56. The third-order valence-electron chi connectivity index (χ3n) is 3.13. The molecular weight excluding hydrogens is 298 g/mol. The summed E-state index contributed by atoms with van der Waals surface area (Å²) in [5, 5.41) is 20.4. The van der Waals surface area contributed by atoms with E-state index in [4.69, 9.17) is 0 Å². The van der Waals surface area contributed by atoms with Crippen molar-refractivity contribution in [2.24, 2.45) is 0 Å². The number of benzene rings is 2.